The summed E-state index contributed by atoms with van der Waals surface area (Å²) in [6.45, 7) is 4.62. The fourth-order valence-corrected chi connectivity index (χ4v) is 1.92. The molecule has 0 aromatic heterocycles. The Hall–Kier alpha value is -1.96. The van der Waals surface area contributed by atoms with Gasteiger partial charge in [0.1, 0.15) is 11.5 Å². The zero-order valence-electron chi connectivity index (χ0n) is 10.1. The van der Waals surface area contributed by atoms with Crippen molar-refractivity contribution in [1.82, 2.24) is 0 Å². The average molecular weight is 228 g/mol. The predicted octanol–water partition coefficient (Wildman–Crippen LogP) is 3.77. The molecule has 0 aliphatic carbocycles. The smallest absolute Gasteiger partial charge is 0.123 e. The average Bonchev–Trinajstić information content (AvgIpc) is 2.33. The van der Waals surface area contributed by atoms with Crippen LogP contribution in [0, 0.1) is 6.92 Å². The molecule has 0 aliphatic rings. The first-order valence-electron chi connectivity index (χ1n) is 5.74. The van der Waals surface area contributed by atoms with Crippen LogP contribution in [0.25, 0.3) is 11.1 Å². The SMILES string of the molecule is CCOc1cccc(-c2ccccc2O)c1C. The third-order valence-electron chi connectivity index (χ3n) is 2.78. The summed E-state index contributed by atoms with van der Waals surface area (Å²) in [6.07, 6.45) is 0. The summed E-state index contributed by atoms with van der Waals surface area (Å²) in [4.78, 5) is 0. The van der Waals surface area contributed by atoms with Crippen molar-refractivity contribution in [1.29, 1.82) is 0 Å². The Morgan fingerprint density at radius 1 is 1.00 bits per heavy atom. The molecule has 0 atom stereocenters. The van der Waals surface area contributed by atoms with Crippen molar-refractivity contribution in [3.05, 3.63) is 48.0 Å². The molecular weight excluding hydrogens is 212 g/mol. The van der Waals surface area contributed by atoms with E-state index in [0.29, 0.717) is 12.4 Å². The summed E-state index contributed by atoms with van der Waals surface area (Å²) in [5.74, 6) is 1.16. The Morgan fingerprint density at radius 3 is 2.41 bits per heavy atom. The van der Waals surface area contributed by atoms with Gasteiger partial charge in [0.05, 0.1) is 6.61 Å². The fraction of sp³-hybridized carbons (Fsp3) is 0.200. The minimum atomic E-state index is 0.296. The molecule has 0 saturated heterocycles. The van der Waals surface area contributed by atoms with Gasteiger partial charge >= 0.3 is 0 Å². The lowest BCUT2D eigenvalue weighted by atomic mass is 9.99. The number of aromatic hydroxyl groups is 1. The normalized spacial score (nSPS) is 10.2. The van der Waals surface area contributed by atoms with Gasteiger partial charge in [-0.3, -0.25) is 0 Å². The third-order valence-corrected chi connectivity index (χ3v) is 2.78. The molecule has 2 rings (SSSR count). The van der Waals surface area contributed by atoms with Crippen molar-refractivity contribution in [2.75, 3.05) is 6.61 Å². The number of phenols is 1. The first-order valence-corrected chi connectivity index (χ1v) is 5.74. The first-order chi connectivity index (χ1) is 8.24. The van der Waals surface area contributed by atoms with E-state index in [9.17, 15) is 5.11 Å². The van der Waals surface area contributed by atoms with Gasteiger partial charge in [-0.1, -0.05) is 30.3 Å². The summed E-state index contributed by atoms with van der Waals surface area (Å²) in [6, 6.07) is 13.2. The maximum absolute atomic E-state index is 9.87. The summed E-state index contributed by atoms with van der Waals surface area (Å²) >= 11 is 0. The van der Waals surface area contributed by atoms with Crippen LogP contribution in [0.4, 0.5) is 0 Å². The highest BCUT2D eigenvalue weighted by molar-refractivity contribution is 5.74. The van der Waals surface area contributed by atoms with Gasteiger partial charge in [-0.25, -0.2) is 0 Å². The zero-order chi connectivity index (χ0) is 12.3. The molecule has 0 amide bonds. The molecule has 0 bridgehead atoms. The van der Waals surface area contributed by atoms with Gasteiger partial charge in [-0.2, -0.15) is 0 Å². The Kier molecular flexibility index (Phi) is 3.33. The monoisotopic (exact) mass is 228 g/mol. The molecule has 0 saturated carbocycles. The predicted molar refractivity (Wildman–Crippen MR) is 69.4 cm³/mol. The number of hydrogen-bond acceptors (Lipinski definition) is 2. The second-order valence-electron chi connectivity index (χ2n) is 3.88. The van der Waals surface area contributed by atoms with Crippen LogP contribution in [0.5, 0.6) is 11.5 Å². The van der Waals surface area contributed by atoms with Gasteiger partial charge in [-0.15, -0.1) is 0 Å². The zero-order valence-corrected chi connectivity index (χ0v) is 10.1. The van der Waals surface area contributed by atoms with Crippen LogP contribution in [0.2, 0.25) is 0 Å². The topological polar surface area (TPSA) is 29.5 Å². The fourth-order valence-electron chi connectivity index (χ4n) is 1.92. The highest BCUT2D eigenvalue weighted by atomic mass is 16.5. The molecule has 88 valence electrons. The van der Waals surface area contributed by atoms with Crippen molar-refractivity contribution in [3.8, 4) is 22.6 Å². The van der Waals surface area contributed by atoms with Crippen molar-refractivity contribution in [2.45, 2.75) is 13.8 Å². The number of para-hydroxylation sites is 1. The molecule has 0 fully saturated rings. The highest BCUT2D eigenvalue weighted by Gasteiger charge is 2.09. The first kappa shape index (κ1) is 11.5. The number of rotatable bonds is 3. The Bertz CT molecular complexity index is 518. The molecule has 0 aliphatic heterocycles. The Labute approximate surface area is 101 Å². The molecule has 0 radical (unpaired) electrons. The quantitative estimate of drug-likeness (QED) is 0.866. The second kappa shape index (κ2) is 4.91. The van der Waals surface area contributed by atoms with Gasteiger partial charge in [-0.05, 0) is 37.1 Å². The maximum atomic E-state index is 9.87. The van der Waals surface area contributed by atoms with Crippen molar-refractivity contribution < 1.29 is 9.84 Å². The van der Waals surface area contributed by atoms with E-state index in [-0.39, 0.29) is 0 Å². The van der Waals surface area contributed by atoms with Gasteiger partial charge in [0.2, 0.25) is 0 Å². The van der Waals surface area contributed by atoms with Crippen LogP contribution in [-0.2, 0) is 0 Å². The molecule has 0 heterocycles. The summed E-state index contributed by atoms with van der Waals surface area (Å²) in [5.41, 5.74) is 2.90. The van der Waals surface area contributed by atoms with Crippen molar-refractivity contribution in [2.24, 2.45) is 0 Å². The number of hydrogen-bond donors (Lipinski definition) is 1. The Morgan fingerprint density at radius 2 is 1.71 bits per heavy atom. The van der Waals surface area contributed by atoms with Gasteiger partial charge in [0, 0.05) is 5.56 Å². The molecule has 2 heteroatoms. The lowest BCUT2D eigenvalue weighted by Crippen LogP contribution is -1.95. The largest absolute Gasteiger partial charge is 0.507 e. The van der Waals surface area contributed by atoms with Crippen LogP contribution in [0.1, 0.15) is 12.5 Å². The van der Waals surface area contributed by atoms with Gasteiger partial charge < -0.3 is 9.84 Å². The van der Waals surface area contributed by atoms with Crippen molar-refractivity contribution >= 4 is 0 Å². The van der Waals surface area contributed by atoms with Crippen LogP contribution < -0.4 is 4.74 Å². The summed E-state index contributed by atoms with van der Waals surface area (Å²) in [5, 5.41) is 9.87. The number of phenolic OH excluding ortho intramolecular Hbond substituents is 1. The highest BCUT2D eigenvalue weighted by Crippen LogP contribution is 2.34. The van der Waals surface area contributed by atoms with E-state index in [1.165, 1.54) is 0 Å². The van der Waals surface area contributed by atoms with E-state index in [1.807, 2.05) is 50.2 Å². The molecule has 2 nitrogen and oxygen atoms in total. The van der Waals surface area contributed by atoms with E-state index >= 15 is 0 Å². The maximum Gasteiger partial charge on any atom is 0.123 e. The van der Waals surface area contributed by atoms with E-state index in [2.05, 4.69) is 0 Å². The van der Waals surface area contributed by atoms with Crippen molar-refractivity contribution in [3.63, 3.8) is 0 Å². The lowest BCUT2D eigenvalue weighted by Gasteiger charge is -2.12. The minimum Gasteiger partial charge on any atom is -0.507 e. The van der Waals surface area contributed by atoms with Crippen LogP contribution in [0.3, 0.4) is 0 Å². The molecule has 0 spiro atoms. The van der Waals surface area contributed by atoms with E-state index in [4.69, 9.17) is 4.74 Å². The third kappa shape index (κ3) is 2.26. The molecule has 17 heavy (non-hydrogen) atoms. The second-order valence-corrected chi connectivity index (χ2v) is 3.88. The van der Waals surface area contributed by atoms with Crippen LogP contribution >= 0.6 is 0 Å². The van der Waals surface area contributed by atoms with E-state index < -0.39 is 0 Å². The minimum absolute atomic E-state index is 0.296. The lowest BCUT2D eigenvalue weighted by molar-refractivity contribution is 0.338. The molecule has 2 aromatic carbocycles. The number of benzene rings is 2. The molecular formula is C15H16O2. The Balaban J connectivity index is 2.53. The van der Waals surface area contributed by atoms with E-state index in [1.54, 1.807) is 6.07 Å². The van der Waals surface area contributed by atoms with Crippen LogP contribution in [-0.4, -0.2) is 11.7 Å². The van der Waals surface area contributed by atoms with Gasteiger partial charge in [0.15, 0.2) is 0 Å². The molecule has 1 N–H and O–H groups in total. The summed E-state index contributed by atoms with van der Waals surface area (Å²) < 4.78 is 5.56. The van der Waals surface area contributed by atoms with Crippen LogP contribution in [0.15, 0.2) is 42.5 Å². The molecule has 2 aromatic rings. The van der Waals surface area contributed by atoms with E-state index in [0.717, 1.165) is 22.4 Å². The summed E-state index contributed by atoms with van der Waals surface area (Å²) in [7, 11) is 0. The number of ether oxygens (including phenoxy) is 1. The molecule has 0 unspecified atom stereocenters. The standard InChI is InChI=1S/C15H16O2/c1-3-17-15-10-6-8-12(11(15)2)13-7-4-5-9-14(13)16/h4-10,16H,3H2,1-2H3. The van der Waals surface area contributed by atoms with Gasteiger partial charge in [0.25, 0.3) is 0 Å².